The van der Waals surface area contributed by atoms with Gasteiger partial charge in [0.05, 0.1) is 10.8 Å². The molecular formula is C36H72O4Sn. The predicted octanol–water partition coefficient (Wildman–Crippen LogP) is 11.6. The fraction of sp³-hybridized carbons (Fsp3) is 0.889. The van der Waals surface area contributed by atoms with E-state index in [9.17, 15) is 19.8 Å². The molecule has 0 fully saturated rings. The minimum absolute atomic E-state index is 0. The van der Waals surface area contributed by atoms with Crippen LogP contribution in [0.1, 0.15) is 186 Å². The van der Waals surface area contributed by atoms with Gasteiger partial charge in [-0.05, 0) is 64.2 Å². The normalized spacial score (nSPS) is 11.5. The summed E-state index contributed by atoms with van der Waals surface area (Å²) >= 11 is 0. The molecule has 0 rings (SSSR count). The molecule has 0 aromatic carbocycles. The van der Waals surface area contributed by atoms with Crippen molar-refractivity contribution in [3.8, 4) is 0 Å². The number of unbranched alkanes of at least 4 members (excludes halogenated alkanes) is 10. The second-order valence-corrected chi connectivity index (χ2v) is 15.0. The van der Waals surface area contributed by atoms with Gasteiger partial charge >= 0.3 is 11.9 Å². The van der Waals surface area contributed by atoms with Crippen molar-refractivity contribution in [1.29, 1.82) is 0 Å². The summed E-state index contributed by atoms with van der Waals surface area (Å²) in [6.45, 7) is 31.6. The van der Waals surface area contributed by atoms with Gasteiger partial charge in [0.2, 0.25) is 0 Å². The first kappa shape index (κ1) is 50.4. The Labute approximate surface area is 276 Å². The second-order valence-electron chi connectivity index (χ2n) is 15.0. The Morgan fingerprint density at radius 1 is 0.463 bits per heavy atom. The van der Waals surface area contributed by atoms with Gasteiger partial charge in [-0.3, -0.25) is 0 Å². The molecule has 41 heavy (non-hydrogen) atoms. The Kier molecular flexibility index (Phi) is 35.0. The van der Waals surface area contributed by atoms with E-state index in [-0.39, 0.29) is 34.7 Å². The Morgan fingerprint density at radius 2 is 0.707 bits per heavy atom. The van der Waals surface area contributed by atoms with Crippen LogP contribution >= 0.6 is 0 Å². The maximum absolute atomic E-state index is 10.6. The third-order valence-corrected chi connectivity index (χ3v) is 6.81. The van der Waals surface area contributed by atoms with E-state index in [1.54, 1.807) is 27.7 Å². The van der Waals surface area contributed by atoms with Crippen molar-refractivity contribution in [1.82, 2.24) is 0 Å². The zero-order chi connectivity index (χ0) is 32.5. The molecule has 5 heteroatoms. The van der Waals surface area contributed by atoms with Crippen LogP contribution in [0.15, 0.2) is 0 Å². The molecule has 8 radical (unpaired) electrons. The maximum atomic E-state index is 10.6. The summed E-state index contributed by atoms with van der Waals surface area (Å²) in [5.74, 6) is -1.90. The first-order valence-corrected chi connectivity index (χ1v) is 16.1. The van der Waals surface area contributed by atoms with E-state index in [1.165, 1.54) is 64.2 Å². The number of rotatable bonds is 16. The SMILES string of the molecule is CC(C)(C)CCC(C)(C)C([O])=O.CC(C)(C)CCC(C)(C)C([O])=O.[CH2]CCCCCCC.[CH2]CCCCCCC.[Sn]. The van der Waals surface area contributed by atoms with Crippen molar-refractivity contribution in [3.05, 3.63) is 13.8 Å². The van der Waals surface area contributed by atoms with Crippen LogP contribution in [0.3, 0.4) is 0 Å². The van der Waals surface area contributed by atoms with Crippen molar-refractivity contribution in [2.75, 3.05) is 0 Å². The Morgan fingerprint density at radius 3 is 0.878 bits per heavy atom. The quantitative estimate of drug-likeness (QED) is 0.120. The van der Waals surface area contributed by atoms with Gasteiger partial charge in [0, 0.05) is 23.9 Å². The van der Waals surface area contributed by atoms with Crippen LogP contribution in [0.5, 0.6) is 0 Å². The minimum Gasteiger partial charge on any atom is -0.247 e. The topological polar surface area (TPSA) is 73.9 Å². The average Bonchev–Trinajstić information content (AvgIpc) is 2.82. The van der Waals surface area contributed by atoms with Crippen molar-refractivity contribution in [2.24, 2.45) is 21.7 Å². The minimum atomic E-state index is -0.952. The van der Waals surface area contributed by atoms with E-state index >= 15 is 0 Å². The van der Waals surface area contributed by atoms with Gasteiger partial charge in [-0.15, -0.1) is 0 Å². The summed E-state index contributed by atoms with van der Waals surface area (Å²) in [4.78, 5) is 21.3. The Balaban J connectivity index is -0.000000142. The number of hydrogen-bond donors (Lipinski definition) is 0. The molecule has 0 aromatic heterocycles. The van der Waals surface area contributed by atoms with Gasteiger partial charge in [-0.2, -0.15) is 0 Å². The number of carbonyl (C=O) groups is 2. The molecule has 0 heterocycles. The first-order valence-electron chi connectivity index (χ1n) is 16.1. The molecule has 0 N–H and O–H groups in total. The van der Waals surface area contributed by atoms with Crippen LogP contribution in [0.25, 0.3) is 0 Å². The van der Waals surface area contributed by atoms with Gasteiger partial charge in [0.25, 0.3) is 0 Å². The van der Waals surface area contributed by atoms with Crippen LogP contribution in [0.2, 0.25) is 0 Å². The van der Waals surface area contributed by atoms with Gasteiger partial charge in [0.1, 0.15) is 0 Å². The monoisotopic (exact) mass is 688 g/mol. The van der Waals surface area contributed by atoms with Gasteiger partial charge in [-0.25, -0.2) is 19.8 Å². The summed E-state index contributed by atoms with van der Waals surface area (Å²) < 4.78 is 0. The molecule has 0 atom stereocenters. The predicted molar refractivity (Wildman–Crippen MR) is 180 cm³/mol. The molecule has 0 saturated heterocycles. The zero-order valence-corrected chi connectivity index (χ0v) is 32.7. The fourth-order valence-electron chi connectivity index (χ4n) is 3.14. The van der Waals surface area contributed by atoms with Crippen molar-refractivity contribution in [3.63, 3.8) is 0 Å². The molecule has 0 bridgehead atoms. The summed E-state index contributed by atoms with van der Waals surface area (Å²) in [7, 11) is 0. The van der Waals surface area contributed by atoms with Crippen molar-refractivity contribution < 1.29 is 19.8 Å². The summed E-state index contributed by atoms with van der Waals surface area (Å²) in [6, 6.07) is 0. The van der Waals surface area contributed by atoms with E-state index in [4.69, 9.17) is 0 Å². The average molecular weight is 688 g/mol. The molecule has 0 aromatic rings. The first-order chi connectivity index (χ1) is 18.1. The molecule has 4 nitrogen and oxygen atoms in total. The summed E-state index contributed by atoms with van der Waals surface area (Å²) in [6.07, 6.45) is 19.1. The van der Waals surface area contributed by atoms with E-state index in [0.717, 1.165) is 25.7 Å². The molecule has 0 aliphatic carbocycles. The third-order valence-electron chi connectivity index (χ3n) is 6.81. The van der Waals surface area contributed by atoms with Crippen LogP contribution in [-0.2, 0) is 19.8 Å². The van der Waals surface area contributed by atoms with E-state index < -0.39 is 22.8 Å². The van der Waals surface area contributed by atoms with Crippen LogP contribution in [0.4, 0.5) is 0 Å². The van der Waals surface area contributed by atoms with Gasteiger partial charge in [0.15, 0.2) is 0 Å². The van der Waals surface area contributed by atoms with E-state index in [0.29, 0.717) is 12.8 Å². The Hall–Kier alpha value is -0.261. The van der Waals surface area contributed by atoms with Crippen LogP contribution in [-0.4, -0.2) is 35.8 Å². The number of hydrogen-bond acceptors (Lipinski definition) is 2. The summed E-state index contributed by atoms with van der Waals surface area (Å²) in [5.41, 5.74) is -0.972. The molecule has 0 saturated carbocycles. The van der Waals surface area contributed by atoms with E-state index in [2.05, 4.69) is 69.2 Å². The second kappa shape index (κ2) is 28.5. The van der Waals surface area contributed by atoms with E-state index in [1.807, 2.05) is 0 Å². The van der Waals surface area contributed by atoms with Crippen molar-refractivity contribution >= 4 is 35.8 Å². The maximum Gasteiger partial charge on any atom is 0.361 e. The molecule has 244 valence electrons. The van der Waals surface area contributed by atoms with Crippen LogP contribution in [0, 0.1) is 35.5 Å². The molecular weight excluding hydrogens is 615 g/mol. The number of carbonyl (C=O) groups excluding carboxylic acids is 2. The van der Waals surface area contributed by atoms with Crippen LogP contribution < -0.4 is 0 Å². The molecule has 0 amide bonds. The Bertz CT molecular complexity index is 519. The third kappa shape index (κ3) is 44.3. The molecule has 0 aliphatic heterocycles. The van der Waals surface area contributed by atoms with Gasteiger partial charge in [-0.1, -0.05) is 146 Å². The molecule has 0 spiro atoms. The summed E-state index contributed by atoms with van der Waals surface area (Å²) in [5, 5.41) is 21.3. The largest absolute Gasteiger partial charge is 0.361 e. The zero-order valence-electron chi connectivity index (χ0n) is 29.9. The smallest absolute Gasteiger partial charge is 0.247 e. The van der Waals surface area contributed by atoms with Crippen molar-refractivity contribution in [2.45, 2.75) is 186 Å². The fourth-order valence-corrected chi connectivity index (χ4v) is 3.14. The standard InChI is InChI=1S/2C10H19O2.2C8H17.Sn/c2*1-9(2,3)6-7-10(4,5)8(11)12;2*1-3-5-7-8-6-4-2;/h2*6-7H2,1-5H3;2*1,3-8H2,2H3;. The molecule has 0 unspecified atom stereocenters. The van der Waals surface area contributed by atoms with Gasteiger partial charge < -0.3 is 0 Å². The molecule has 0 aliphatic rings.